The van der Waals surface area contributed by atoms with Gasteiger partial charge in [-0.3, -0.25) is 20.4 Å². The van der Waals surface area contributed by atoms with E-state index in [1.807, 2.05) is 18.2 Å². The number of carbonyl (C=O) groups is 2. The van der Waals surface area contributed by atoms with Gasteiger partial charge in [0.15, 0.2) is 17.1 Å². The first-order valence-corrected chi connectivity index (χ1v) is 9.15. The Labute approximate surface area is 158 Å². The molecule has 1 aliphatic heterocycles. The number of nitrogens with one attached hydrogen (secondary N) is 2. The lowest BCUT2D eigenvalue weighted by atomic mass is 10.2. The lowest BCUT2D eigenvalue weighted by molar-refractivity contribution is -0.119. The van der Waals surface area contributed by atoms with E-state index in [0.717, 1.165) is 17.3 Å². The number of carbonyl (C=O) groups excluding carboxylic acids is 2. The van der Waals surface area contributed by atoms with Crippen molar-refractivity contribution in [3.8, 4) is 11.5 Å². The monoisotopic (exact) mass is 385 g/mol. The van der Waals surface area contributed by atoms with Crippen molar-refractivity contribution in [1.29, 1.82) is 0 Å². The Morgan fingerprint density at radius 3 is 2.70 bits per heavy atom. The lowest BCUT2D eigenvalue weighted by Gasteiger charge is -2.18. The zero-order valence-electron chi connectivity index (χ0n) is 14.1. The van der Waals surface area contributed by atoms with Gasteiger partial charge in [-0.2, -0.15) is 0 Å². The summed E-state index contributed by atoms with van der Waals surface area (Å²) >= 11 is 1.14. The minimum atomic E-state index is -0.452. The van der Waals surface area contributed by atoms with Crippen LogP contribution in [0.3, 0.4) is 0 Å². The summed E-state index contributed by atoms with van der Waals surface area (Å²) < 4.78 is 16.4. The highest BCUT2D eigenvalue weighted by atomic mass is 32.2. The Morgan fingerprint density at radius 1 is 1.04 bits per heavy atom. The third-order valence-corrected chi connectivity index (χ3v) is 4.55. The molecule has 0 saturated heterocycles. The largest absolute Gasteiger partial charge is 0.486 e. The summed E-state index contributed by atoms with van der Waals surface area (Å²) in [5.74, 6) is 0.317. The molecule has 9 heteroatoms. The van der Waals surface area contributed by atoms with Crippen molar-refractivity contribution in [2.45, 2.75) is 5.22 Å². The van der Waals surface area contributed by atoms with E-state index in [9.17, 15) is 9.59 Å². The number of rotatable bonds is 4. The number of nitrogens with zero attached hydrogens (tertiary/aromatic N) is 1. The summed E-state index contributed by atoms with van der Waals surface area (Å²) in [6.07, 6.45) is 0. The second kappa shape index (κ2) is 7.58. The van der Waals surface area contributed by atoms with Gasteiger partial charge in [-0.1, -0.05) is 23.9 Å². The molecule has 0 spiro atoms. The fourth-order valence-corrected chi connectivity index (χ4v) is 3.10. The quantitative estimate of drug-likeness (QED) is 0.524. The van der Waals surface area contributed by atoms with Crippen LogP contribution in [0.4, 0.5) is 0 Å². The number of para-hydroxylation sites is 2. The number of fused-ring (bicyclic) bond motifs is 2. The number of benzene rings is 2. The van der Waals surface area contributed by atoms with Crippen LogP contribution in [0.2, 0.25) is 0 Å². The average molecular weight is 385 g/mol. The molecule has 2 N–H and O–H groups in total. The SMILES string of the molecule is O=C(CSc1nc2ccccc2o1)NNC(=O)c1ccc2c(c1)OCCO2. The summed E-state index contributed by atoms with van der Waals surface area (Å²) in [5, 5.41) is 0.393. The average Bonchev–Trinajstić information content (AvgIpc) is 3.13. The molecular formula is C18H15N3O5S. The lowest BCUT2D eigenvalue weighted by Crippen LogP contribution is -2.42. The molecule has 1 aromatic heterocycles. The van der Waals surface area contributed by atoms with Gasteiger partial charge in [-0.05, 0) is 30.3 Å². The standard InChI is InChI=1S/C18H15N3O5S/c22-16(10-27-18-19-12-3-1-2-4-13(12)26-18)20-21-17(23)11-5-6-14-15(9-11)25-8-7-24-14/h1-6,9H,7-8,10H2,(H,20,22)(H,21,23). The molecule has 0 aliphatic carbocycles. The van der Waals surface area contributed by atoms with Gasteiger partial charge in [-0.15, -0.1) is 0 Å². The number of aromatic nitrogens is 1. The Bertz CT molecular complexity index is 971. The van der Waals surface area contributed by atoms with Crippen molar-refractivity contribution in [3.63, 3.8) is 0 Å². The van der Waals surface area contributed by atoms with Crippen LogP contribution in [0.25, 0.3) is 11.1 Å². The molecule has 8 nitrogen and oxygen atoms in total. The first-order valence-electron chi connectivity index (χ1n) is 8.16. The number of oxazole rings is 1. The molecule has 0 fully saturated rings. The molecule has 0 unspecified atom stereocenters. The predicted molar refractivity (Wildman–Crippen MR) is 97.8 cm³/mol. The number of hydrogen-bond donors (Lipinski definition) is 2. The third kappa shape index (κ3) is 3.98. The zero-order chi connectivity index (χ0) is 18.6. The van der Waals surface area contributed by atoms with Crippen LogP contribution in [0.5, 0.6) is 11.5 Å². The van der Waals surface area contributed by atoms with Crippen molar-refractivity contribution < 1.29 is 23.5 Å². The number of amides is 2. The smallest absolute Gasteiger partial charge is 0.269 e. The van der Waals surface area contributed by atoms with E-state index in [2.05, 4.69) is 15.8 Å². The van der Waals surface area contributed by atoms with Gasteiger partial charge in [0.25, 0.3) is 11.1 Å². The van der Waals surface area contributed by atoms with Crippen molar-refractivity contribution in [2.24, 2.45) is 0 Å². The normalized spacial score (nSPS) is 12.6. The van der Waals surface area contributed by atoms with E-state index in [0.29, 0.717) is 41.1 Å². The van der Waals surface area contributed by atoms with E-state index >= 15 is 0 Å². The van der Waals surface area contributed by atoms with Crippen molar-refractivity contribution in [3.05, 3.63) is 48.0 Å². The van der Waals surface area contributed by atoms with Crippen LogP contribution in [0.1, 0.15) is 10.4 Å². The van der Waals surface area contributed by atoms with E-state index in [1.165, 1.54) is 0 Å². The highest BCUT2D eigenvalue weighted by Gasteiger charge is 2.15. The van der Waals surface area contributed by atoms with Gasteiger partial charge >= 0.3 is 0 Å². The van der Waals surface area contributed by atoms with Crippen LogP contribution in [-0.4, -0.2) is 35.8 Å². The summed E-state index contributed by atoms with van der Waals surface area (Å²) in [6, 6.07) is 12.2. The van der Waals surface area contributed by atoms with E-state index in [1.54, 1.807) is 24.3 Å². The van der Waals surface area contributed by atoms with Crippen LogP contribution >= 0.6 is 11.8 Å². The first kappa shape index (κ1) is 17.2. The second-order valence-electron chi connectivity index (χ2n) is 5.60. The van der Waals surface area contributed by atoms with Crippen LogP contribution in [0, 0.1) is 0 Å². The molecule has 0 atom stereocenters. The molecule has 4 rings (SSSR count). The van der Waals surface area contributed by atoms with Gasteiger partial charge < -0.3 is 13.9 Å². The van der Waals surface area contributed by atoms with Crippen LogP contribution in [-0.2, 0) is 4.79 Å². The Balaban J connectivity index is 1.29. The van der Waals surface area contributed by atoms with Crippen molar-refractivity contribution in [2.75, 3.05) is 19.0 Å². The molecular weight excluding hydrogens is 370 g/mol. The Kier molecular flexibility index (Phi) is 4.84. The minimum absolute atomic E-state index is 0.0498. The Morgan fingerprint density at radius 2 is 1.85 bits per heavy atom. The minimum Gasteiger partial charge on any atom is -0.486 e. The highest BCUT2D eigenvalue weighted by molar-refractivity contribution is 7.99. The van der Waals surface area contributed by atoms with Gasteiger partial charge in [-0.25, -0.2) is 4.98 Å². The maximum atomic E-state index is 12.2. The predicted octanol–water partition coefficient (Wildman–Crippen LogP) is 2.15. The third-order valence-electron chi connectivity index (χ3n) is 3.72. The highest BCUT2D eigenvalue weighted by Crippen LogP contribution is 2.30. The summed E-state index contributed by atoms with van der Waals surface area (Å²) in [7, 11) is 0. The van der Waals surface area contributed by atoms with Crippen molar-refractivity contribution >= 4 is 34.7 Å². The summed E-state index contributed by atoms with van der Waals surface area (Å²) in [4.78, 5) is 28.4. The van der Waals surface area contributed by atoms with E-state index < -0.39 is 5.91 Å². The van der Waals surface area contributed by atoms with E-state index in [4.69, 9.17) is 13.9 Å². The van der Waals surface area contributed by atoms with Gasteiger partial charge in [0.2, 0.25) is 5.91 Å². The number of ether oxygens (including phenoxy) is 2. The number of hydrazine groups is 1. The zero-order valence-corrected chi connectivity index (χ0v) is 14.9. The maximum Gasteiger partial charge on any atom is 0.269 e. The van der Waals surface area contributed by atoms with Crippen LogP contribution in [0.15, 0.2) is 52.1 Å². The molecule has 138 valence electrons. The van der Waals surface area contributed by atoms with Gasteiger partial charge in [0.1, 0.15) is 18.7 Å². The maximum absolute atomic E-state index is 12.2. The van der Waals surface area contributed by atoms with Crippen molar-refractivity contribution in [1.82, 2.24) is 15.8 Å². The molecule has 2 amide bonds. The number of hydrogen-bond acceptors (Lipinski definition) is 7. The first-order chi connectivity index (χ1) is 13.2. The Hall–Kier alpha value is -3.20. The second-order valence-corrected chi connectivity index (χ2v) is 6.52. The fraction of sp³-hybridized carbons (Fsp3) is 0.167. The molecule has 27 heavy (non-hydrogen) atoms. The van der Waals surface area contributed by atoms with Crippen LogP contribution < -0.4 is 20.3 Å². The topological polar surface area (TPSA) is 103 Å². The molecule has 2 heterocycles. The number of thioether (sulfide) groups is 1. The molecule has 0 radical (unpaired) electrons. The molecule has 2 aromatic carbocycles. The fourth-order valence-electron chi connectivity index (χ4n) is 2.46. The summed E-state index contributed by atoms with van der Waals surface area (Å²) in [5.41, 5.74) is 6.47. The van der Waals surface area contributed by atoms with Gasteiger partial charge in [0.05, 0.1) is 5.75 Å². The molecule has 3 aromatic rings. The van der Waals surface area contributed by atoms with Gasteiger partial charge in [0, 0.05) is 5.56 Å². The molecule has 0 saturated carbocycles. The molecule has 0 bridgehead atoms. The van der Waals surface area contributed by atoms with E-state index in [-0.39, 0.29) is 11.7 Å². The summed E-state index contributed by atoms with van der Waals surface area (Å²) in [6.45, 7) is 0.911. The molecule has 1 aliphatic rings.